The molecule has 1 rings (SSSR count). The van der Waals surface area contributed by atoms with Crippen molar-refractivity contribution in [1.29, 1.82) is 0 Å². The van der Waals surface area contributed by atoms with E-state index in [2.05, 4.69) is 25.7 Å². The lowest BCUT2D eigenvalue weighted by molar-refractivity contribution is -0.140. The number of carboxylic acids is 1. The van der Waals surface area contributed by atoms with Crippen molar-refractivity contribution in [2.75, 3.05) is 13.1 Å². The van der Waals surface area contributed by atoms with E-state index in [1.807, 2.05) is 0 Å². The number of likely N-dealkylation sites (tertiary alicyclic amines) is 1. The van der Waals surface area contributed by atoms with E-state index in [0.717, 1.165) is 25.9 Å². The van der Waals surface area contributed by atoms with Gasteiger partial charge >= 0.3 is 5.97 Å². The number of nitrogens with zero attached hydrogens (tertiary/aromatic N) is 1. The molecule has 0 bridgehead atoms. The highest BCUT2D eigenvalue weighted by Gasteiger charge is 2.38. The minimum atomic E-state index is -0.666. The first-order valence-corrected chi connectivity index (χ1v) is 5.45. The quantitative estimate of drug-likeness (QED) is 0.755. The fraction of sp³-hybridized carbons (Fsp3) is 0.909. The van der Waals surface area contributed by atoms with Crippen molar-refractivity contribution >= 4 is 5.97 Å². The van der Waals surface area contributed by atoms with Crippen LogP contribution in [-0.2, 0) is 4.79 Å². The molecule has 1 atom stereocenters. The van der Waals surface area contributed by atoms with Gasteiger partial charge in [0.25, 0.3) is 0 Å². The summed E-state index contributed by atoms with van der Waals surface area (Å²) < 4.78 is 0. The maximum absolute atomic E-state index is 10.7. The van der Waals surface area contributed by atoms with Gasteiger partial charge in [-0.2, -0.15) is 0 Å². The molecule has 1 aliphatic heterocycles. The molecule has 0 aromatic rings. The van der Waals surface area contributed by atoms with Crippen molar-refractivity contribution in [2.24, 2.45) is 5.92 Å². The number of aliphatic carboxylic acids is 1. The van der Waals surface area contributed by atoms with Crippen molar-refractivity contribution in [3.63, 3.8) is 0 Å². The number of rotatable bonds is 3. The van der Waals surface area contributed by atoms with Crippen molar-refractivity contribution in [3.05, 3.63) is 0 Å². The van der Waals surface area contributed by atoms with Crippen LogP contribution in [0.3, 0.4) is 0 Å². The molecule has 82 valence electrons. The molecule has 1 unspecified atom stereocenters. The molecule has 3 heteroatoms. The Kier molecular flexibility index (Phi) is 3.53. The zero-order valence-corrected chi connectivity index (χ0v) is 9.42. The molecule has 0 aliphatic carbocycles. The third-order valence-electron chi connectivity index (χ3n) is 3.60. The van der Waals surface area contributed by atoms with E-state index in [-0.39, 0.29) is 5.54 Å². The third-order valence-corrected chi connectivity index (χ3v) is 3.60. The van der Waals surface area contributed by atoms with Crippen molar-refractivity contribution in [2.45, 2.75) is 45.6 Å². The Bertz CT molecular complexity index is 213. The van der Waals surface area contributed by atoms with Gasteiger partial charge < -0.3 is 5.11 Å². The van der Waals surface area contributed by atoms with E-state index in [1.54, 1.807) is 0 Å². The van der Waals surface area contributed by atoms with Gasteiger partial charge in [0.05, 0.1) is 0 Å². The Morgan fingerprint density at radius 2 is 2.21 bits per heavy atom. The zero-order chi connectivity index (χ0) is 10.8. The van der Waals surface area contributed by atoms with Gasteiger partial charge in [0.2, 0.25) is 0 Å². The minimum Gasteiger partial charge on any atom is -0.481 e. The van der Waals surface area contributed by atoms with Gasteiger partial charge in [-0.15, -0.1) is 0 Å². The summed E-state index contributed by atoms with van der Waals surface area (Å²) in [5, 5.41) is 8.84. The van der Waals surface area contributed by atoms with Gasteiger partial charge in [-0.3, -0.25) is 9.69 Å². The molecule has 3 nitrogen and oxygen atoms in total. The zero-order valence-electron chi connectivity index (χ0n) is 9.42. The number of carbonyl (C=O) groups is 1. The molecule has 1 fully saturated rings. The van der Waals surface area contributed by atoms with Gasteiger partial charge in [0.15, 0.2) is 0 Å². The van der Waals surface area contributed by atoms with Crippen LogP contribution in [0.4, 0.5) is 0 Å². The van der Waals surface area contributed by atoms with Crippen molar-refractivity contribution in [3.8, 4) is 0 Å². The summed E-state index contributed by atoms with van der Waals surface area (Å²) in [6, 6.07) is 0. The van der Waals surface area contributed by atoms with Crippen LogP contribution in [0.2, 0.25) is 0 Å². The molecule has 1 heterocycles. The Morgan fingerprint density at radius 3 is 2.71 bits per heavy atom. The molecule has 0 saturated carbocycles. The summed E-state index contributed by atoms with van der Waals surface area (Å²) in [6.07, 6.45) is 2.49. The normalized spacial score (nSPS) is 27.5. The molecule has 1 aliphatic rings. The second kappa shape index (κ2) is 4.30. The monoisotopic (exact) mass is 199 g/mol. The highest BCUT2D eigenvalue weighted by atomic mass is 16.4. The highest BCUT2D eigenvalue weighted by molar-refractivity contribution is 5.67. The fourth-order valence-corrected chi connectivity index (χ4v) is 2.56. The Hall–Kier alpha value is -0.570. The Labute approximate surface area is 86.1 Å². The topological polar surface area (TPSA) is 40.5 Å². The Balaban J connectivity index is 2.69. The van der Waals surface area contributed by atoms with E-state index in [4.69, 9.17) is 5.11 Å². The van der Waals surface area contributed by atoms with Gasteiger partial charge in [0.1, 0.15) is 0 Å². The molecular formula is C11H21NO2. The summed E-state index contributed by atoms with van der Waals surface area (Å²) in [5.74, 6) is -0.366. The van der Waals surface area contributed by atoms with Gasteiger partial charge in [0, 0.05) is 12.0 Å². The van der Waals surface area contributed by atoms with Gasteiger partial charge in [-0.25, -0.2) is 0 Å². The lowest BCUT2D eigenvalue weighted by atomic mass is 9.77. The summed E-state index contributed by atoms with van der Waals surface area (Å²) in [4.78, 5) is 13.1. The van der Waals surface area contributed by atoms with Crippen molar-refractivity contribution < 1.29 is 9.90 Å². The second-order valence-corrected chi connectivity index (χ2v) is 4.67. The first kappa shape index (κ1) is 11.5. The number of hydrogen-bond donors (Lipinski definition) is 1. The van der Waals surface area contributed by atoms with Crippen LogP contribution in [0.5, 0.6) is 0 Å². The third kappa shape index (κ3) is 2.27. The summed E-state index contributed by atoms with van der Waals surface area (Å²) in [7, 11) is 0. The van der Waals surface area contributed by atoms with Crippen molar-refractivity contribution in [1.82, 2.24) is 4.90 Å². The summed E-state index contributed by atoms with van der Waals surface area (Å²) in [5.41, 5.74) is 0.0470. The van der Waals surface area contributed by atoms with E-state index >= 15 is 0 Å². The maximum atomic E-state index is 10.7. The summed E-state index contributed by atoms with van der Waals surface area (Å²) >= 11 is 0. The lowest BCUT2D eigenvalue weighted by Crippen LogP contribution is -2.53. The number of piperidine rings is 1. The van der Waals surface area contributed by atoms with Crippen LogP contribution in [-0.4, -0.2) is 34.6 Å². The lowest BCUT2D eigenvalue weighted by Gasteiger charge is -2.47. The molecule has 0 aromatic heterocycles. The van der Waals surface area contributed by atoms with Crippen LogP contribution in [0, 0.1) is 5.92 Å². The standard InChI is InChI=1S/C11H21NO2/c1-4-12-7-5-6-9(8-10(13)14)11(12,2)3/h9H,4-8H2,1-3H3,(H,13,14). The van der Waals surface area contributed by atoms with E-state index in [1.165, 1.54) is 0 Å². The fourth-order valence-electron chi connectivity index (χ4n) is 2.56. The van der Waals surface area contributed by atoms with Crippen LogP contribution < -0.4 is 0 Å². The first-order chi connectivity index (χ1) is 6.48. The van der Waals surface area contributed by atoms with E-state index < -0.39 is 5.97 Å². The maximum Gasteiger partial charge on any atom is 0.303 e. The first-order valence-electron chi connectivity index (χ1n) is 5.45. The summed E-state index contributed by atoms with van der Waals surface area (Å²) in [6.45, 7) is 8.61. The molecule has 0 spiro atoms. The average molecular weight is 199 g/mol. The SMILES string of the molecule is CCN1CCCC(CC(=O)O)C1(C)C. The molecule has 0 radical (unpaired) electrons. The number of carboxylic acid groups (broad SMARTS) is 1. The average Bonchev–Trinajstić information content (AvgIpc) is 2.07. The van der Waals surface area contributed by atoms with Crippen LogP contribution in [0.15, 0.2) is 0 Å². The minimum absolute atomic E-state index is 0.0470. The van der Waals surface area contributed by atoms with E-state index in [9.17, 15) is 4.79 Å². The largest absolute Gasteiger partial charge is 0.481 e. The molecule has 0 aromatic carbocycles. The van der Waals surface area contributed by atoms with Crippen LogP contribution >= 0.6 is 0 Å². The van der Waals surface area contributed by atoms with Crippen LogP contribution in [0.25, 0.3) is 0 Å². The molecule has 0 amide bonds. The molecule has 1 saturated heterocycles. The van der Waals surface area contributed by atoms with Gasteiger partial charge in [-0.1, -0.05) is 6.92 Å². The highest BCUT2D eigenvalue weighted by Crippen LogP contribution is 2.35. The Morgan fingerprint density at radius 1 is 1.57 bits per heavy atom. The smallest absolute Gasteiger partial charge is 0.303 e. The van der Waals surface area contributed by atoms with Crippen LogP contribution in [0.1, 0.15) is 40.0 Å². The predicted molar refractivity (Wildman–Crippen MR) is 56.3 cm³/mol. The number of hydrogen-bond acceptors (Lipinski definition) is 2. The molecule has 1 N–H and O–H groups in total. The molecular weight excluding hydrogens is 178 g/mol. The van der Waals surface area contributed by atoms with Gasteiger partial charge in [-0.05, 0) is 45.7 Å². The molecule has 14 heavy (non-hydrogen) atoms. The predicted octanol–water partition coefficient (Wildman–Crippen LogP) is 1.97. The second-order valence-electron chi connectivity index (χ2n) is 4.67. The van der Waals surface area contributed by atoms with E-state index in [0.29, 0.717) is 12.3 Å².